The van der Waals surface area contributed by atoms with Gasteiger partial charge in [-0.25, -0.2) is 13.1 Å². The third kappa shape index (κ3) is 5.26. The summed E-state index contributed by atoms with van der Waals surface area (Å²) < 4.78 is 26.8. The van der Waals surface area contributed by atoms with Crippen molar-refractivity contribution < 1.29 is 13.5 Å². The summed E-state index contributed by atoms with van der Waals surface area (Å²) in [7, 11) is -3.52. The van der Waals surface area contributed by atoms with Gasteiger partial charge in [-0.3, -0.25) is 4.98 Å². The van der Waals surface area contributed by atoms with Gasteiger partial charge in [0.05, 0.1) is 11.0 Å². The van der Waals surface area contributed by atoms with Crippen molar-refractivity contribution in [2.24, 2.45) is 5.41 Å². The molecule has 6 heteroatoms. The topological polar surface area (TPSA) is 79.3 Å². The highest BCUT2D eigenvalue weighted by Gasteiger charge is 2.24. The van der Waals surface area contributed by atoms with Crippen LogP contribution in [0.5, 0.6) is 0 Å². The molecule has 0 aliphatic rings. The number of rotatable bonds is 6. The van der Waals surface area contributed by atoms with Crippen LogP contribution >= 0.6 is 0 Å². The lowest BCUT2D eigenvalue weighted by atomic mass is 9.87. The third-order valence-electron chi connectivity index (χ3n) is 2.77. The van der Waals surface area contributed by atoms with Crippen molar-refractivity contribution in [2.45, 2.75) is 45.1 Å². The molecule has 1 atom stereocenters. The summed E-state index contributed by atoms with van der Waals surface area (Å²) in [5.41, 5.74) is 0.356. The van der Waals surface area contributed by atoms with E-state index in [1.54, 1.807) is 13.8 Å². The standard InChI is InChI=1S/C13H22N2O3S/c1-10-7-12(5-6-14-10)19(17,18)15-9-13(3,4)8-11(2)16/h5-7,11,15-16H,8-9H2,1-4H3. The number of aromatic nitrogens is 1. The van der Waals surface area contributed by atoms with Gasteiger partial charge in [-0.05, 0) is 37.8 Å². The molecule has 5 nitrogen and oxygen atoms in total. The number of aliphatic hydroxyl groups excluding tert-OH is 1. The highest BCUT2D eigenvalue weighted by molar-refractivity contribution is 7.89. The molecule has 2 N–H and O–H groups in total. The Hall–Kier alpha value is -0.980. The highest BCUT2D eigenvalue weighted by Crippen LogP contribution is 2.22. The first kappa shape index (κ1) is 16.1. The summed E-state index contributed by atoms with van der Waals surface area (Å²) >= 11 is 0. The SMILES string of the molecule is Cc1cc(S(=O)(=O)NCC(C)(C)CC(C)O)ccn1. The summed E-state index contributed by atoms with van der Waals surface area (Å²) in [5, 5.41) is 9.39. The molecule has 1 heterocycles. The van der Waals surface area contributed by atoms with Crippen LogP contribution in [-0.2, 0) is 10.0 Å². The lowest BCUT2D eigenvalue weighted by Gasteiger charge is -2.26. The number of aryl methyl sites for hydroxylation is 1. The van der Waals surface area contributed by atoms with Crippen LogP contribution in [0.15, 0.2) is 23.2 Å². The van der Waals surface area contributed by atoms with Gasteiger partial charge in [-0.2, -0.15) is 0 Å². The van der Waals surface area contributed by atoms with E-state index in [1.165, 1.54) is 18.3 Å². The Kier molecular flexibility index (Phi) is 5.06. The fourth-order valence-corrected chi connectivity index (χ4v) is 3.25. The Balaban J connectivity index is 2.76. The van der Waals surface area contributed by atoms with Crippen molar-refractivity contribution in [1.29, 1.82) is 0 Å². The molecule has 1 unspecified atom stereocenters. The van der Waals surface area contributed by atoms with Crippen LogP contribution in [0.3, 0.4) is 0 Å². The molecule has 1 aromatic rings. The number of nitrogens with one attached hydrogen (secondary N) is 1. The zero-order chi connectivity index (χ0) is 14.7. The minimum Gasteiger partial charge on any atom is -0.393 e. The zero-order valence-electron chi connectivity index (χ0n) is 11.8. The van der Waals surface area contributed by atoms with E-state index in [1.807, 2.05) is 13.8 Å². The zero-order valence-corrected chi connectivity index (χ0v) is 12.7. The largest absolute Gasteiger partial charge is 0.393 e. The predicted octanol–water partition coefficient (Wildman–Crippen LogP) is 1.47. The minimum absolute atomic E-state index is 0.216. The van der Waals surface area contributed by atoms with Gasteiger partial charge in [0, 0.05) is 18.4 Å². The first-order valence-corrected chi connectivity index (χ1v) is 7.71. The fourth-order valence-electron chi connectivity index (χ4n) is 1.93. The maximum Gasteiger partial charge on any atom is 0.240 e. The molecule has 1 rings (SSSR count). The number of sulfonamides is 1. The van der Waals surface area contributed by atoms with E-state index in [4.69, 9.17) is 0 Å². The molecule has 0 amide bonds. The van der Waals surface area contributed by atoms with Gasteiger partial charge in [-0.1, -0.05) is 13.8 Å². The Bertz CT molecular complexity index is 524. The van der Waals surface area contributed by atoms with Crippen LogP contribution in [0.4, 0.5) is 0 Å². The molecule has 1 aromatic heterocycles. The second kappa shape index (κ2) is 5.98. The molecule has 0 spiro atoms. The number of aliphatic hydroxyl groups is 1. The molecule has 0 saturated heterocycles. The van der Waals surface area contributed by atoms with E-state index < -0.39 is 16.1 Å². The Labute approximate surface area is 115 Å². The van der Waals surface area contributed by atoms with E-state index in [2.05, 4.69) is 9.71 Å². The van der Waals surface area contributed by atoms with Crippen LogP contribution < -0.4 is 4.72 Å². The van der Waals surface area contributed by atoms with Crippen LogP contribution in [0.25, 0.3) is 0 Å². The quantitative estimate of drug-likeness (QED) is 0.830. The highest BCUT2D eigenvalue weighted by atomic mass is 32.2. The molecule has 0 aromatic carbocycles. The molecule has 19 heavy (non-hydrogen) atoms. The van der Waals surface area contributed by atoms with E-state index in [-0.39, 0.29) is 16.9 Å². The average molecular weight is 286 g/mol. The van der Waals surface area contributed by atoms with Crippen LogP contribution in [0, 0.1) is 12.3 Å². The molecule has 0 saturated carbocycles. The van der Waals surface area contributed by atoms with Crippen molar-refractivity contribution in [3.8, 4) is 0 Å². The maximum absolute atomic E-state index is 12.1. The predicted molar refractivity (Wildman–Crippen MR) is 74.2 cm³/mol. The Morgan fingerprint density at radius 2 is 2.11 bits per heavy atom. The monoisotopic (exact) mass is 286 g/mol. The maximum atomic E-state index is 12.1. The number of hydrogen-bond donors (Lipinski definition) is 2. The number of nitrogens with zero attached hydrogens (tertiary/aromatic N) is 1. The van der Waals surface area contributed by atoms with E-state index >= 15 is 0 Å². The summed E-state index contributed by atoms with van der Waals surface area (Å²) in [6, 6.07) is 3.00. The third-order valence-corrected chi connectivity index (χ3v) is 4.17. The normalized spacial score (nSPS) is 14.4. The van der Waals surface area contributed by atoms with Gasteiger partial charge < -0.3 is 5.11 Å². The molecule has 0 aliphatic carbocycles. The summed E-state index contributed by atoms with van der Waals surface area (Å²) in [6.07, 6.45) is 1.55. The summed E-state index contributed by atoms with van der Waals surface area (Å²) in [4.78, 5) is 4.19. The smallest absolute Gasteiger partial charge is 0.240 e. The molecular formula is C13H22N2O3S. The second-order valence-electron chi connectivity index (χ2n) is 5.67. The van der Waals surface area contributed by atoms with Crippen molar-refractivity contribution >= 4 is 10.0 Å². The molecule has 0 radical (unpaired) electrons. The Morgan fingerprint density at radius 1 is 1.47 bits per heavy atom. The van der Waals surface area contributed by atoms with Crippen LogP contribution in [0.2, 0.25) is 0 Å². The molecular weight excluding hydrogens is 264 g/mol. The lowest BCUT2D eigenvalue weighted by Crippen LogP contribution is -2.35. The van der Waals surface area contributed by atoms with E-state index in [0.717, 1.165) is 0 Å². The molecule has 0 bridgehead atoms. The van der Waals surface area contributed by atoms with Gasteiger partial charge in [-0.15, -0.1) is 0 Å². The van der Waals surface area contributed by atoms with Gasteiger partial charge in [0.1, 0.15) is 0 Å². The van der Waals surface area contributed by atoms with Crippen LogP contribution in [0.1, 0.15) is 32.9 Å². The summed E-state index contributed by atoms with van der Waals surface area (Å²) in [5.74, 6) is 0. The van der Waals surface area contributed by atoms with Gasteiger partial charge >= 0.3 is 0 Å². The van der Waals surface area contributed by atoms with Gasteiger partial charge in [0.25, 0.3) is 0 Å². The minimum atomic E-state index is -3.52. The van der Waals surface area contributed by atoms with Gasteiger partial charge in [0.2, 0.25) is 10.0 Å². The molecule has 0 aliphatic heterocycles. The van der Waals surface area contributed by atoms with Crippen molar-refractivity contribution in [3.63, 3.8) is 0 Å². The average Bonchev–Trinajstić information content (AvgIpc) is 2.25. The lowest BCUT2D eigenvalue weighted by molar-refractivity contribution is 0.131. The van der Waals surface area contributed by atoms with Crippen LogP contribution in [-0.4, -0.2) is 31.2 Å². The fraction of sp³-hybridized carbons (Fsp3) is 0.615. The van der Waals surface area contributed by atoms with Crippen molar-refractivity contribution in [1.82, 2.24) is 9.71 Å². The van der Waals surface area contributed by atoms with Gasteiger partial charge in [0.15, 0.2) is 0 Å². The first-order valence-electron chi connectivity index (χ1n) is 6.23. The number of hydrogen-bond acceptors (Lipinski definition) is 4. The van der Waals surface area contributed by atoms with E-state index in [0.29, 0.717) is 12.1 Å². The first-order chi connectivity index (χ1) is 8.62. The summed E-state index contributed by atoms with van der Waals surface area (Å²) in [6.45, 7) is 7.56. The van der Waals surface area contributed by atoms with Crippen molar-refractivity contribution in [3.05, 3.63) is 24.0 Å². The van der Waals surface area contributed by atoms with Crippen molar-refractivity contribution in [2.75, 3.05) is 6.54 Å². The van der Waals surface area contributed by atoms with E-state index in [9.17, 15) is 13.5 Å². The second-order valence-corrected chi connectivity index (χ2v) is 7.44. The molecule has 108 valence electrons. The molecule has 0 fully saturated rings. The Morgan fingerprint density at radius 3 is 2.63 bits per heavy atom. The number of pyridine rings is 1.